The van der Waals surface area contributed by atoms with E-state index in [1.54, 1.807) is 7.05 Å². The molecule has 7 heteroatoms. The average Bonchev–Trinajstić information content (AvgIpc) is 3.10. The maximum Gasteiger partial charge on any atom is 0.273 e. The summed E-state index contributed by atoms with van der Waals surface area (Å²) in [6.45, 7) is 1.64. The van der Waals surface area contributed by atoms with Crippen LogP contribution in [0.2, 0.25) is 0 Å². The number of aliphatic hydroxyl groups is 1. The first kappa shape index (κ1) is 13.5. The molecule has 2 aliphatic rings. The Morgan fingerprint density at radius 3 is 2.95 bits per heavy atom. The minimum atomic E-state index is -0.216. The molecule has 0 radical (unpaired) electrons. The maximum atomic E-state index is 12.1. The summed E-state index contributed by atoms with van der Waals surface area (Å²) in [6, 6.07) is 0.488. The number of likely N-dealkylation sites (tertiary alicyclic amines) is 1. The van der Waals surface area contributed by atoms with Crippen LogP contribution in [0.15, 0.2) is 6.20 Å². The number of hydrogen-bond acceptors (Lipinski definition) is 5. The Hall–Kier alpha value is -1.47. The van der Waals surface area contributed by atoms with Crippen LogP contribution in [0.3, 0.4) is 0 Å². The molecule has 0 spiro atoms. The lowest BCUT2D eigenvalue weighted by molar-refractivity contribution is 0.0900. The third kappa shape index (κ3) is 2.69. The lowest BCUT2D eigenvalue weighted by Gasteiger charge is -2.29. The molecule has 110 valence electrons. The van der Waals surface area contributed by atoms with Crippen molar-refractivity contribution in [2.45, 2.75) is 43.9 Å². The highest BCUT2D eigenvalue weighted by molar-refractivity contribution is 5.92. The van der Waals surface area contributed by atoms with E-state index in [9.17, 15) is 9.90 Å². The number of carbonyl (C=O) groups excluding carboxylic acids is 1. The number of nitrogens with zero attached hydrogens (tertiary/aromatic N) is 4. The van der Waals surface area contributed by atoms with Crippen molar-refractivity contribution in [3.8, 4) is 0 Å². The summed E-state index contributed by atoms with van der Waals surface area (Å²) in [5.41, 5.74) is 0.361. The second-order valence-corrected chi connectivity index (χ2v) is 5.73. The molecule has 1 saturated heterocycles. The van der Waals surface area contributed by atoms with Crippen LogP contribution in [0.25, 0.3) is 0 Å². The van der Waals surface area contributed by atoms with Crippen LogP contribution < -0.4 is 5.32 Å². The van der Waals surface area contributed by atoms with Crippen molar-refractivity contribution in [2.75, 3.05) is 13.1 Å². The Kier molecular flexibility index (Phi) is 3.71. The van der Waals surface area contributed by atoms with Crippen molar-refractivity contribution in [3.05, 3.63) is 11.9 Å². The number of hydrogen-bond donors (Lipinski definition) is 2. The number of β-amino-alcohol motifs (C(OH)–C–C–N with tert-alkyl or cyclic N) is 1. The Balaban J connectivity index is 1.62. The Morgan fingerprint density at radius 1 is 1.45 bits per heavy atom. The molecular weight excluding hydrogens is 258 g/mol. The van der Waals surface area contributed by atoms with Crippen molar-refractivity contribution in [1.82, 2.24) is 25.2 Å². The first-order valence-electron chi connectivity index (χ1n) is 7.23. The summed E-state index contributed by atoms with van der Waals surface area (Å²) in [5, 5.41) is 20.7. The van der Waals surface area contributed by atoms with Crippen molar-refractivity contribution >= 4 is 5.91 Å². The van der Waals surface area contributed by atoms with Gasteiger partial charge in [0, 0.05) is 32.2 Å². The molecule has 0 aromatic carbocycles. The predicted molar refractivity (Wildman–Crippen MR) is 72.1 cm³/mol. The van der Waals surface area contributed by atoms with Gasteiger partial charge in [0.05, 0.1) is 12.3 Å². The zero-order valence-electron chi connectivity index (χ0n) is 11.7. The number of nitrogens with one attached hydrogen (secondary N) is 1. The van der Waals surface area contributed by atoms with Gasteiger partial charge in [0.2, 0.25) is 0 Å². The molecule has 7 nitrogen and oxygen atoms in total. The van der Waals surface area contributed by atoms with Crippen LogP contribution in [-0.2, 0) is 7.05 Å². The van der Waals surface area contributed by atoms with Gasteiger partial charge in [-0.15, -0.1) is 5.10 Å². The van der Waals surface area contributed by atoms with E-state index in [0.29, 0.717) is 11.7 Å². The second kappa shape index (κ2) is 5.49. The van der Waals surface area contributed by atoms with Gasteiger partial charge in [-0.1, -0.05) is 0 Å². The fraction of sp³-hybridized carbons (Fsp3) is 0.769. The van der Waals surface area contributed by atoms with Gasteiger partial charge in [0.15, 0.2) is 5.69 Å². The molecule has 0 bridgehead atoms. The molecule has 1 aliphatic heterocycles. The van der Waals surface area contributed by atoms with Gasteiger partial charge in [-0.2, -0.15) is 9.90 Å². The summed E-state index contributed by atoms with van der Waals surface area (Å²) in [6.07, 6.45) is 5.29. The quantitative estimate of drug-likeness (QED) is 0.782. The Morgan fingerprint density at radius 2 is 2.30 bits per heavy atom. The summed E-state index contributed by atoms with van der Waals surface area (Å²) in [4.78, 5) is 15.8. The number of carbonyl (C=O) groups is 1. The highest BCUT2D eigenvalue weighted by Gasteiger charge is 2.36. The Labute approximate surface area is 117 Å². The molecule has 1 aliphatic carbocycles. The highest BCUT2D eigenvalue weighted by Crippen LogP contribution is 2.27. The molecule has 1 amide bonds. The number of aliphatic hydroxyl groups excluding tert-OH is 1. The van der Waals surface area contributed by atoms with Crippen LogP contribution in [0.5, 0.6) is 0 Å². The van der Waals surface area contributed by atoms with Gasteiger partial charge in [0.1, 0.15) is 0 Å². The van der Waals surface area contributed by atoms with Crippen molar-refractivity contribution < 1.29 is 9.90 Å². The third-order valence-corrected chi connectivity index (χ3v) is 4.29. The first-order chi connectivity index (χ1) is 9.63. The van der Waals surface area contributed by atoms with E-state index in [2.05, 4.69) is 20.4 Å². The van der Waals surface area contributed by atoms with E-state index in [1.165, 1.54) is 11.0 Å². The van der Waals surface area contributed by atoms with E-state index < -0.39 is 0 Å². The summed E-state index contributed by atoms with van der Waals surface area (Å²) in [7, 11) is 1.70. The molecule has 1 unspecified atom stereocenters. The first-order valence-corrected chi connectivity index (χ1v) is 7.23. The van der Waals surface area contributed by atoms with Crippen LogP contribution in [-0.4, -0.2) is 62.2 Å². The number of aryl methyl sites for hydroxylation is 1. The topological polar surface area (TPSA) is 83.3 Å². The second-order valence-electron chi connectivity index (χ2n) is 5.73. The largest absolute Gasteiger partial charge is 0.392 e. The lowest BCUT2D eigenvalue weighted by atomic mass is 10.1. The molecule has 2 N–H and O–H groups in total. The zero-order valence-corrected chi connectivity index (χ0v) is 11.7. The molecule has 2 heterocycles. The van der Waals surface area contributed by atoms with Crippen LogP contribution >= 0.6 is 0 Å². The Bertz CT molecular complexity index is 489. The monoisotopic (exact) mass is 279 g/mol. The fourth-order valence-electron chi connectivity index (χ4n) is 3.31. The number of aromatic nitrogens is 3. The SMILES string of the molecule is Cn1ncc(C(=O)N[C@@H]2CCC[C@@H]2N2CCC(O)C2)n1. The average molecular weight is 279 g/mol. The molecule has 3 rings (SSSR count). The van der Waals surface area contributed by atoms with Crippen LogP contribution in [0.4, 0.5) is 0 Å². The van der Waals surface area contributed by atoms with Crippen molar-refractivity contribution in [3.63, 3.8) is 0 Å². The van der Waals surface area contributed by atoms with E-state index in [1.807, 2.05) is 0 Å². The van der Waals surface area contributed by atoms with Gasteiger partial charge in [-0.05, 0) is 25.7 Å². The number of amides is 1. The standard InChI is InChI=1S/C13H21N5O2/c1-17-14-7-11(16-17)13(20)15-10-3-2-4-12(10)18-6-5-9(19)8-18/h7,9-10,12,19H,2-6,8H2,1H3,(H,15,20)/t9?,10-,12+/m1/s1. The van der Waals surface area contributed by atoms with E-state index in [-0.39, 0.29) is 18.1 Å². The molecule has 2 fully saturated rings. The normalized spacial score (nSPS) is 30.8. The number of rotatable bonds is 3. The lowest BCUT2D eigenvalue weighted by Crippen LogP contribution is -2.48. The van der Waals surface area contributed by atoms with Gasteiger partial charge in [0.25, 0.3) is 5.91 Å². The van der Waals surface area contributed by atoms with E-state index >= 15 is 0 Å². The molecule has 3 atom stereocenters. The smallest absolute Gasteiger partial charge is 0.273 e. The summed E-state index contributed by atoms with van der Waals surface area (Å²) < 4.78 is 0. The molecule has 1 saturated carbocycles. The van der Waals surface area contributed by atoms with E-state index in [0.717, 1.165) is 38.8 Å². The van der Waals surface area contributed by atoms with Gasteiger partial charge < -0.3 is 10.4 Å². The zero-order chi connectivity index (χ0) is 14.1. The predicted octanol–water partition coefficient (Wildman–Crippen LogP) is -0.467. The molecular formula is C13H21N5O2. The fourth-order valence-corrected chi connectivity index (χ4v) is 3.31. The molecule has 1 aromatic heterocycles. The van der Waals surface area contributed by atoms with Crippen LogP contribution in [0, 0.1) is 0 Å². The maximum absolute atomic E-state index is 12.1. The van der Waals surface area contributed by atoms with E-state index in [4.69, 9.17) is 0 Å². The summed E-state index contributed by atoms with van der Waals surface area (Å²) in [5.74, 6) is -0.158. The highest BCUT2D eigenvalue weighted by atomic mass is 16.3. The van der Waals surface area contributed by atoms with Crippen LogP contribution in [0.1, 0.15) is 36.2 Å². The van der Waals surface area contributed by atoms with Crippen molar-refractivity contribution in [2.24, 2.45) is 7.05 Å². The third-order valence-electron chi connectivity index (χ3n) is 4.29. The molecule has 1 aromatic rings. The van der Waals surface area contributed by atoms with Gasteiger partial charge in [-0.3, -0.25) is 9.69 Å². The minimum Gasteiger partial charge on any atom is -0.392 e. The summed E-state index contributed by atoms with van der Waals surface area (Å²) >= 11 is 0. The minimum absolute atomic E-state index is 0.148. The van der Waals surface area contributed by atoms with Gasteiger partial charge in [-0.25, -0.2) is 0 Å². The van der Waals surface area contributed by atoms with Gasteiger partial charge >= 0.3 is 0 Å². The van der Waals surface area contributed by atoms with Crippen molar-refractivity contribution in [1.29, 1.82) is 0 Å². The molecule has 20 heavy (non-hydrogen) atoms.